The number of benzene rings is 2. The van der Waals surface area contributed by atoms with Gasteiger partial charge in [-0.25, -0.2) is 4.39 Å². The Morgan fingerprint density at radius 3 is 2.75 bits per heavy atom. The minimum atomic E-state index is -0.700. The molecule has 2 aromatic carbocycles. The molecule has 100 valence electrons. The van der Waals surface area contributed by atoms with Crippen LogP contribution in [-0.4, -0.2) is 5.91 Å². The van der Waals surface area contributed by atoms with Crippen LogP contribution in [0.5, 0.6) is 0 Å². The van der Waals surface area contributed by atoms with Crippen LogP contribution in [0, 0.1) is 17.1 Å². The van der Waals surface area contributed by atoms with Crippen LogP contribution in [0.1, 0.15) is 15.9 Å². The molecule has 0 unspecified atom stereocenters. The number of amides is 1. The van der Waals surface area contributed by atoms with Crippen molar-refractivity contribution < 1.29 is 9.18 Å². The average Bonchev–Trinajstić information content (AvgIpc) is 2.38. The van der Waals surface area contributed by atoms with Crippen LogP contribution < -0.4 is 11.1 Å². The van der Waals surface area contributed by atoms with Gasteiger partial charge in [0.1, 0.15) is 17.4 Å². The predicted octanol–water partition coefficient (Wildman–Crippen LogP) is 3.19. The molecule has 2 aromatic rings. The summed E-state index contributed by atoms with van der Waals surface area (Å²) in [7, 11) is 0. The number of halogens is 2. The molecule has 6 heteroatoms. The first-order chi connectivity index (χ1) is 9.52. The number of nitrogens with zero attached hydrogens (tertiary/aromatic N) is 1. The van der Waals surface area contributed by atoms with Gasteiger partial charge in [-0.15, -0.1) is 0 Å². The molecule has 0 atom stereocenters. The summed E-state index contributed by atoms with van der Waals surface area (Å²) in [6, 6.07) is 10.1. The van der Waals surface area contributed by atoms with E-state index in [2.05, 4.69) is 5.32 Å². The number of hydrogen-bond donors (Lipinski definition) is 2. The molecule has 0 fully saturated rings. The second kappa shape index (κ2) is 5.59. The molecule has 1 amide bonds. The first-order valence-electron chi connectivity index (χ1n) is 5.58. The van der Waals surface area contributed by atoms with E-state index in [4.69, 9.17) is 22.6 Å². The number of nitrogens with two attached hydrogens (primary N) is 1. The van der Waals surface area contributed by atoms with E-state index < -0.39 is 11.7 Å². The Hall–Kier alpha value is -2.58. The van der Waals surface area contributed by atoms with Gasteiger partial charge in [0.05, 0.1) is 16.3 Å². The molecule has 0 radical (unpaired) electrons. The van der Waals surface area contributed by atoms with E-state index in [0.29, 0.717) is 5.69 Å². The van der Waals surface area contributed by atoms with Gasteiger partial charge in [-0.3, -0.25) is 4.79 Å². The number of anilines is 2. The second-order valence-corrected chi connectivity index (χ2v) is 4.37. The standard InChI is InChI=1S/C14H9ClFN3O/c15-11-6-8(18)4-5-9(11)14(20)19-13-3-1-2-12(16)10(13)7-17/h1-6H,18H2,(H,19,20). The lowest BCUT2D eigenvalue weighted by Gasteiger charge is -2.09. The van der Waals surface area contributed by atoms with Gasteiger partial charge in [0.2, 0.25) is 0 Å². The molecule has 4 nitrogen and oxygen atoms in total. The van der Waals surface area contributed by atoms with E-state index in [-0.39, 0.29) is 21.8 Å². The number of nitriles is 1. The second-order valence-electron chi connectivity index (χ2n) is 3.97. The van der Waals surface area contributed by atoms with Gasteiger partial charge in [0.25, 0.3) is 5.91 Å². The van der Waals surface area contributed by atoms with Crippen LogP contribution in [0.3, 0.4) is 0 Å². The molecule has 0 aliphatic heterocycles. The third kappa shape index (κ3) is 2.71. The van der Waals surface area contributed by atoms with Crippen LogP contribution in [0.4, 0.5) is 15.8 Å². The number of carbonyl (C=O) groups excluding carboxylic acids is 1. The monoisotopic (exact) mass is 289 g/mol. The van der Waals surface area contributed by atoms with Crippen molar-refractivity contribution in [2.45, 2.75) is 0 Å². The van der Waals surface area contributed by atoms with E-state index in [1.54, 1.807) is 6.07 Å². The van der Waals surface area contributed by atoms with Crippen molar-refractivity contribution in [3.63, 3.8) is 0 Å². The zero-order valence-electron chi connectivity index (χ0n) is 10.2. The smallest absolute Gasteiger partial charge is 0.257 e. The van der Waals surface area contributed by atoms with E-state index in [1.807, 2.05) is 0 Å². The van der Waals surface area contributed by atoms with Crippen LogP contribution in [0.25, 0.3) is 0 Å². The lowest BCUT2D eigenvalue weighted by Crippen LogP contribution is -2.14. The van der Waals surface area contributed by atoms with Crippen molar-refractivity contribution in [2.75, 3.05) is 11.1 Å². The molecule has 3 N–H and O–H groups in total. The number of nitrogen functional groups attached to an aromatic ring is 1. The van der Waals surface area contributed by atoms with E-state index >= 15 is 0 Å². The van der Waals surface area contributed by atoms with Crippen molar-refractivity contribution in [1.29, 1.82) is 5.26 Å². The highest BCUT2D eigenvalue weighted by molar-refractivity contribution is 6.34. The van der Waals surface area contributed by atoms with Crippen molar-refractivity contribution >= 4 is 28.9 Å². The molecule has 0 aliphatic rings. The van der Waals surface area contributed by atoms with Gasteiger partial charge in [-0.1, -0.05) is 17.7 Å². The molecule has 0 spiro atoms. The highest BCUT2D eigenvalue weighted by Gasteiger charge is 2.14. The maximum absolute atomic E-state index is 13.4. The molecule has 0 aliphatic carbocycles. The zero-order chi connectivity index (χ0) is 14.7. The van der Waals surface area contributed by atoms with Gasteiger partial charge in [0.15, 0.2) is 0 Å². The molecule has 0 saturated carbocycles. The topological polar surface area (TPSA) is 78.9 Å². The molecule has 0 heterocycles. The SMILES string of the molecule is N#Cc1c(F)cccc1NC(=O)c1ccc(N)cc1Cl. The molecule has 0 saturated heterocycles. The molecular weight excluding hydrogens is 281 g/mol. The fraction of sp³-hybridized carbons (Fsp3) is 0. The molecular formula is C14H9ClFN3O. The Balaban J connectivity index is 2.33. The summed E-state index contributed by atoms with van der Waals surface area (Å²) in [5, 5.41) is 11.5. The third-order valence-electron chi connectivity index (χ3n) is 2.61. The number of rotatable bonds is 2. The summed E-state index contributed by atoms with van der Waals surface area (Å²) in [6.45, 7) is 0. The van der Waals surface area contributed by atoms with Crippen LogP contribution in [0.2, 0.25) is 5.02 Å². The molecule has 0 aromatic heterocycles. The van der Waals surface area contributed by atoms with E-state index in [1.165, 1.54) is 30.3 Å². The van der Waals surface area contributed by atoms with Crippen molar-refractivity contribution in [3.8, 4) is 6.07 Å². The van der Waals surface area contributed by atoms with Crippen LogP contribution >= 0.6 is 11.6 Å². The number of nitrogens with one attached hydrogen (secondary N) is 1. The highest BCUT2D eigenvalue weighted by atomic mass is 35.5. The van der Waals surface area contributed by atoms with Gasteiger partial charge in [-0.2, -0.15) is 5.26 Å². The Bertz CT molecular complexity index is 725. The highest BCUT2D eigenvalue weighted by Crippen LogP contribution is 2.22. The van der Waals surface area contributed by atoms with Gasteiger partial charge in [-0.05, 0) is 30.3 Å². The quantitative estimate of drug-likeness (QED) is 0.833. The van der Waals surface area contributed by atoms with E-state index in [0.717, 1.165) is 6.07 Å². The predicted molar refractivity (Wildman–Crippen MR) is 74.9 cm³/mol. The number of carbonyl (C=O) groups is 1. The van der Waals surface area contributed by atoms with E-state index in [9.17, 15) is 9.18 Å². The lowest BCUT2D eigenvalue weighted by atomic mass is 10.1. The van der Waals surface area contributed by atoms with Gasteiger partial charge >= 0.3 is 0 Å². The maximum atomic E-state index is 13.4. The summed E-state index contributed by atoms with van der Waals surface area (Å²) >= 11 is 5.92. The Kier molecular flexibility index (Phi) is 3.87. The minimum absolute atomic E-state index is 0.0883. The summed E-state index contributed by atoms with van der Waals surface area (Å²) in [5.41, 5.74) is 6.01. The fourth-order valence-electron chi connectivity index (χ4n) is 1.65. The van der Waals surface area contributed by atoms with Crippen LogP contribution in [0.15, 0.2) is 36.4 Å². The largest absolute Gasteiger partial charge is 0.399 e. The maximum Gasteiger partial charge on any atom is 0.257 e. The minimum Gasteiger partial charge on any atom is -0.399 e. The summed E-state index contributed by atoms with van der Waals surface area (Å²) in [4.78, 5) is 12.1. The first kappa shape index (κ1) is 13.8. The fourth-order valence-corrected chi connectivity index (χ4v) is 1.92. The summed E-state index contributed by atoms with van der Waals surface area (Å²) < 4.78 is 13.4. The Morgan fingerprint density at radius 2 is 2.10 bits per heavy atom. The van der Waals surface area contributed by atoms with Crippen molar-refractivity contribution in [2.24, 2.45) is 0 Å². The van der Waals surface area contributed by atoms with Crippen LogP contribution in [-0.2, 0) is 0 Å². The molecule has 0 bridgehead atoms. The van der Waals surface area contributed by atoms with Gasteiger partial charge < -0.3 is 11.1 Å². The molecule has 2 rings (SSSR count). The van der Waals surface area contributed by atoms with Gasteiger partial charge in [0, 0.05) is 5.69 Å². The normalized spacial score (nSPS) is 9.85. The van der Waals surface area contributed by atoms with Crippen molar-refractivity contribution in [3.05, 3.63) is 58.4 Å². The Labute approximate surface area is 119 Å². The first-order valence-corrected chi connectivity index (χ1v) is 5.95. The lowest BCUT2D eigenvalue weighted by molar-refractivity contribution is 0.102. The number of hydrogen-bond acceptors (Lipinski definition) is 3. The zero-order valence-corrected chi connectivity index (χ0v) is 10.9. The summed E-state index contributed by atoms with van der Waals surface area (Å²) in [6.07, 6.45) is 0. The average molecular weight is 290 g/mol. The molecule has 20 heavy (non-hydrogen) atoms. The third-order valence-corrected chi connectivity index (χ3v) is 2.92. The Morgan fingerprint density at radius 1 is 1.35 bits per heavy atom. The summed E-state index contributed by atoms with van der Waals surface area (Å²) in [5.74, 6) is -1.24. The van der Waals surface area contributed by atoms with Crippen molar-refractivity contribution in [1.82, 2.24) is 0 Å².